The Balaban J connectivity index is 2.27. The van der Waals surface area contributed by atoms with Crippen LogP contribution < -0.4 is 4.74 Å². The van der Waals surface area contributed by atoms with Crippen molar-refractivity contribution >= 4 is 21.8 Å². The van der Waals surface area contributed by atoms with Gasteiger partial charge < -0.3 is 19.5 Å². The minimum absolute atomic E-state index is 0.104. The minimum Gasteiger partial charge on any atom is -0.497 e. The maximum absolute atomic E-state index is 12.5. The number of nitrogens with zero attached hydrogens (tertiary/aromatic N) is 1. The summed E-state index contributed by atoms with van der Waals surface area (Å²) in [5.74, 6) is 0.494. The lowest BCUT2D eigenvalue weighted by Crippen LogP contribution is -2.50. The van der Waals surface area contributed by atoms with Crippen LogP contribution >= 0.6 is 15.9 Å². The fourth-order valence-corrected chi connectivity index (χ4v) is 2.44. The molecule has 1 amide bonds. The van der Waals surface area contributed by atoms with Crippen LogP contribution in [0.25, 0.3) is 0 Å². The highest BCUT2D eigenvalue weighted by Gasteiger charge is 2.28. The van der Waals surface area contributed by atoms with E-state index in [4.69, 9.17) is 9.47 Å². The summed E-state index contributed by atoms with van der Waals surface area (Å²) in [4.78, 5) is 14.2. The van der Waals surface area contributed by atoms with E-state index in [0.717, 1.165) is 0 Å². The van der Waals surface area contributed by atoms with Crippen molar-refractivity contribution < 1.29 is 19.4 Å². The van der Waals surface area contributed by atoms with Crippen LogP contribution in [0.1, 0.15) is 10.4 Å². The fraction of sp³-hybridized carbons (Fsp3) is 0.462. The molecule has 0 bridgehead atoms. The number of aliphatic hydroxyl groups excluding tert-OH is 1. The van der Waals surface area contributed by atoms with Crippen LogP contribution in [0.5, 0.6) is 5.75 Å². The van der Waals surface area contributed by atoms with Crippen molar-refractivity contribution in [2.24, 2.45) is 0 Å². The number of methoxy groups -OCH3 is 1. The Labute approximate surface area is 120 Å². The van der Waals surface area contributed by atoms with E-state index in [1.807, 2.05) is 0 Å². The second-order valence-electron chi connectivity index (χ2n) is 4.26. The molecule has 19 heavy (non-hydrogen) atoms. The van der Waals surface area contributed by atoms with Crippen molar-refractivity contribution in [1.29, 1.82) is 0 Å². The van der Waals surface area contributed by atoms with Crippen LogP contribution in [-0.2, 0) is 4.74 Å². The van der Waals surface area contributed by atoms with Gasteiger partial charge in [-0.2, -0.15) is 0 Å². The van der Waals surface area contributed by atoms with Crippen LogP contribution in [-0.4, -0.2) is 55.4 Å². The predicted octanol–water partition coefficient (Wildman–Crippen LogP) is 1.29. The summed E-state index contributed by atoms with van der Waals surface area (Å²) in [6.07, 6.45) is 0. The third-order valence-electron chi connectivity index (χ3n) is 3.10. The van der Waals surface area contributed by atoms with Gasteiger partial charge in [-0.15, -0.1) is 0 Å². The van der Waals surface area contributed by atoms with E-state index in [1.165, 1.54) is 0 Å². The van der Waals surface area contributed by atoms with Gasteiger partial charge in [-0.05, 0) is 34.1 Å². The summed E-state index contributed by atoms with van der Waals surface area (Å²) in [7, 11) is 1.56. The number of morpholine rings is 1. The van der Waals surface area contributed by atoms with Gasteiger partial charge in [0, 0.05) is 11.0 Å². The zero-order chi connectivity index (χ0) is 13.8. The van der Waals surface area contributed by atoms with Gasteiger partial charge in [0.15, 0.2) is 0 Å². The van der Waals surface area contributed by atoms with Crippen LogP contribution in [0.15, 0.2) is 22.7 Å². The van der Waals surface area contributed by atoms with Crippen LogP contribution in [0, 0.1) is 0 Å². The molecule has 1 aromatic rings. The molecule has 1 saturated heterocycles. The fourth-order valence-electron chi connectivity index (χ4n) is 2.02. The molecule has 0 radical (unpaired) electrons. The van der Waals surface area contributed by atoms with Gasteiger partial charge in [-0.25, -0.2) is 0 Å². The zero-order valence-corrected chi connectivity index (χ0v) is 12.2. The van der Waals surface area contributed by atoms with Gasteiger partial charge in [0.25, 0.3) is 5.91 Å². The molecule has 1 aliphatic heterocycles. The Morgan fingerprint density at radius 3 is 3.11 bits per heavy atom. The lowest BCUT2D eigenvalue weighted by atomic mass is 10.1. The van der Waals surface area contributed by atoms with Crippen molar-refractivity contribution in [2.45, 2.75) is 6.04 Å². The predicted molar refractivity (Wildman–Crippen MR) is 73.4 cm³/mol. The second kappa shape index (κ2) is 6.36. The number of aliphatic hydroxyl groups is 1. The SMILES string of the molecule is COc1ccc(Br)c(C(=O)N2CCOC[C@@H]2CO)c1. The van der Waals surface area contributed by atoms with E-state index >= 15 is 0 Å². The Hall–Kier alpha value is -1.11. The number of carbonyl (C=O) groups is 1. The molecule has 6 heteroatoms. The van der Waals surface area contributed by atoms with Gasteiger partial charge in [-0.3, -0.25) is 4.79 Å². The number of carbonyl (C=O) groups excluding carboxylic acids is 1. The summed E-state index contributed by atoms with van der Waals surface area (Å²) < 4.78 is 11.1. The minimum atomic E-state index is -0.292. The molecule has 0 spiro atoms. The number of halogens is 1. The van der Waals surface area contributed by atoms with Gasteiger partial charge in [-0.1, -0.05) is 0 Å². The summed E-state index contributed by atoms with van der Waals surface area (Å²) in [5, 5.41) is 9.32. The van der Waals surface area contributed by atoms with Crippen LogP contribution in [0.3, 0.4) is 0 Å². The lowest BCUT2D eigenvalue weighted by molar-refractivity contribution is -0.0184. The van der Waals surface area contributed by atoms with Crippen LogP contribution in [0.4, 0.5) is 0 Å². The van der Waals surface area contributed by atoms with Crippen molar-refractivity contribution in [3.8, 4) is 5.75 Å². The van der Waals surface area contributed by atoms with Gasteiger partial charge >= 0.3 is 0 Å². The quantitative estimate of drug-likeness (QED) is 0.907. The van der Waals surface area contributed by atoms with E-state index in [9.17, 15) is 9.90 Å². The summed E-state index contributed by atoms with van der Waals surface area (Å²) in [6, 6.07) is 4.96. The zero-order valence-electron chi connectivity index (χ0n) is 10.6. The first-order valence-electron chi connectivity index (χ1n) is 6.00. The normalized spacial score (nSPS) is 19.3. The number of hydrogen-bond donors (Lipinski definition) is 1. The Morgan fingerprint density at radius 2 is 2.42 bits per heavy atom. The van der Waals surface area contributed by atoms with Crippen molar-refractivity contribution in [1.82, 2.24) is 4.90 Å². The van der Waals surface area contributed by atoms with E-state index < -0.39 is 0 Å². The largest absolute Gasteiger partial charge is 0.497 e. The molecule has 1 atom stereocenters. The first-order valence-corrected chi connectivity index (χ1v) is 6.79. The molecule has 1 N–H and O–H groups in total. The van der Waals surface area contributed by atoms with E-state index in [1.54, 1.807) is 30.2 Å². The Morgan fingerprint density at radius 1 is 1.63 bits per heavy atom. The third kappa shape index (κ3) is 3.08. The summed E-state index contributed by atoms with van der Waals surface area (Å²) >= 11 is 3.37. The van der Waals surface area contributed by atoms with Gasteiger partial charge in [0.05, 0.1) is 38.5 Å². The monoisotopic (exact) mass is 329 g/mol. The van der Waals surface area contributed by atoms with E-state index in [0.29, 0.717) is 35.5 Å². The Kier molecular flexibility index (Phi) is 4.79. The highest BCUT2D eigenvalue weighted by molar-refractivity contribution is 9.10. The average Bonchev–Trinajstić information content (AvgIpc) is 2.47. The van der Waals surface area contributed by atoms with E-state index in [-0.39, 0.29) is 18.6 Å². The number of benzene rings is 1. The first kappa shape index (κ1) is 14.3. The maximum atomic E-state index is 12.5. The van der Waals surface area contributed by atoms with Crippen molar-refractivity contribution in [3.63, 3.8) is 0 Å². The smallest absolute Gasteiger partial charge is 0.255 e. The average molecular weight is 330 g/mol. The molecule has 1 aromatic carbocycles. The van der Waals surface area contributed by atoms with Crippen molar-refractivity contribution in [2.75, 3.05) is 33.5 Å². The summed E-state index contributed by atoms with van der Waals surface area (Å²) in [6.45, 7) is 1.23. The molecule has 1 aliphatic rings. The molecule has 0 unspecified atom stereocenters. The molecule has 2 rings (SSSR count). The molecule has 0 saturated carbocycles. The maximum Gasteiger partial charge on any atom is 0.255 e. The molecular formula is C13H16BrNO4. The second-order valence-corrected chi connectivity index (χ2v) is 5.11. The number of amides is 1. The number of rotatable bonds is 3. The van der Waals surface area contributed by atoms with Crippen molar-refractivity contribution in [3.05, 3.63) is 28.2 Å². The highest BCUT2D eigenvalue weighted by Crippen LogP contribution is 2.25. The molecule has 1 heterocycles. The highest BCUT2D eigenvalue weighted by atomic mass is 79.9. The molecule has 0 aliphatic carbocycles. The molecule has 104 valence electrons. The molecular weight excluding hydrogens is 314 g/mol. The standard InChI is InChI=1S/C13H16BrNO4/c1-18-10-2-3-12(14)11(6-10)13(17)15-4-5-19-8-9(15)7-16/h2-3,6,9,16H,4-5,7-8H2,1H3/t9-/m0/s1. The van der Waals surface area contributed by atoms with Gasteiger partial charge in [0.2, 0.25) is 0 Å². The number of hydrogen-bond acceptors (Lipinski definition) is 4. The van der Waals surface area contributed by atoms with E-state index in [2.05, 4.69) is 15.9 Å². The third-order valence-corrected chi connectivity index (χ3v) is 3.79. The lowest BCUT2D eigenvalue weighted by Gasteiger charge is -2.34. The topological polar surface area (TPSA) is 59.0 Å². The summed E-state index contributed by atoms with van der Waals surface area (Å²) in [5.41, 5.74) is 0.528. The van der Waals surface area contributed by atoms with Gasteiger partial charge in [0.1, 0.15) is 5.75 Å². The molecule has 0 aromatic heterocycles. The Bertz CT molecular complexity index is 466. The molecule has 1 fully saturated rings. The first-order chi connectivity index (χ1) is 9.17. The molecule has 5 nitrogen and oxygen atoms in total. The number of ether oxygens (including phenoxy) is 2. The van der Waals surface area contributed by atoms with Crippen LogP contribution in [0.2, 0.25) is 0 Å².